The molecule has 2 aromatic rings. The number of nitrogens with zero attached hydrogens (tertiary/aromatic N) is 2. The van der Waals surface area contributed by atoms with Crippen LogP contribution in [0.1, 0.15) is 22.7 Å². The highest BCUT2D eigenvalue weighted by atomic mass is 35.5. The third-order valence-electron chi connectivity index (χ3n) is 3.40. The minimum absolute atomic E-state index is 0. The fourth-order valence-electron chi connectivity index (χ4n) is 2.24. The highest BCUT2D eigenvalue weighted by molar-refractivity contribution is 7.98. The molecule has 0 bridgehead atoms. The van der Waals surface area contributed by atoms with Gasteiger partial charge in [0.1, 0.15) is 5.76 Å². The van der Waals surface area contributed by atoms with Gasteiger partial charge in [0.25, 0.3) is 5.91 Å². The van der Waals surface area contributed by atoms with Crippen molar-refractivity contribution in [2.24, 2.45) is 7.05 Å². The van der Waals surface area contributed by atoms with E-state index in [9.17, 15) is 4.79 Å². The number of nitrogens with one attached hydrogen (secondary N) is 2. The number of hydrogen-bond acceptors (Lipinski definition) is 5. The number of imidazole rings is 1. The van der Waals surface area contributed by atoms with Crippen LogP contribution in [0.3, 0.4) is 0 Å². The topological polar surface area (TPSA) is 72.1 Å². The predicted molar refractivity (Wildman–Crippen MR) is 94.7 cm³/mol. The maximum atomic E-state index is 12.0. The summed E-state index contributed by atoms with van der Waals surface area (Å²) < 4.78 is 7.56. The Morgan fingerprint density at radius 1 is 1.52 bits per heavy atom. The Morgan fingerprint density at radius 2 is 2.35 bits per heavy atom. The molecule has 1 aliphatic rings. The van der Waals surface area contributed by atoms with Gasteiger partial charge in [0.05, 0.1) is 5.75 Å². The van der Waals surface area contributed by atoms with Gasteiger partial charge in [-0.25, -0.2) is 4.98 Å². The van der Waals surface area contributed by atoms with Crippen molar-refractivity contribution in [2.45, 2.75) is 23.4 Å². The average Bonchev–Trinajstić information content (AvgIpc) is 3.18. The van der Waals surface area contributed by atoms with E-state index >= 15 is 0 Å². The molecule has 1 saturated heterocycles. The van der Waals surface area contributed by atoms with Gasteiger partial charge in [0.15, 0.2) is 10.9 Å². The third kappa shape index (κ3) is 5.17. The Kier molecular flexibility index (Phi) is 7.98. The summed E-state index contributed by atoms with van der Waals surface area (Å²) in [6, 6.07) is 3.78. The number of amides is 1. The first-order valence-electron chi connectivity index (χ1n) is 6.93. The molecule has 1 fully saturated rings. The molecule has 2 aromatic heterocycles. The van der Waals surface area contributed by atoms with E-state index in [1.807, 2.05) is 23.9 Å². The number of thioether (sulfide) groups is 1. The summed E-state index contributed by atoms with van der Waals surface area (Å²) in [7, 11) is 1.95. The van der Waals surface area contributed by atoms with Crippen LogP contribution >= 0.6 is 36.6 Å². The zero-order valence-electron chi connectivity index (χ0n) is 12.7. The first kappa shape index (κ1) is 19.9. The number of hydrogen-bond donors (Lipinski definition) is 2. The smallest absolute Gasteiger partial charge is 0.287 e. The van der Waals surface area contributed by atoms with Crippen molar-refractivity contribution in [3.8, 4) is 0 Å². The molecule has 1 unspecified atom stereocenters. The second kappa shape index (κ2) is 9.22. The number of carbonyl (C=O) groups is 1. The molecular weight excluding hydrogens is 359 g/mol. The van der Waals surface area contributed by atoms with E-state index < -0.39 is 0 Å². The van der Waals surface area contributed by atoms with E-state index in [1.54, 1.807) is 24.0 Å². The van der Waals surface area contributed by atoms with Crippen LogP contribution in [-0.2, 0) is 12.8 Å². The fourth-order valence-corrected chi connectivity index (χ4v) is 3.06. The Bertz CT molecular complexity index is 626. The zero-order chi connectivity index (χ0) is 14.7. The van der Waals surface area contributed by atoms with Crippen LogP contribution in [0.5, 0.6) is 0 Å². The molecule has 0 spiro atoms. The van der Waals surface area contributed by atoms with Crippen LogP contribution < -0.4 is 10.6 Å². The summed E-state index contributed by atoms with van der Waals surface area (Å²) in [5.74, 6) is 1.66. The lowest BCUT2D eigenvalue weighted by atomic mass is 10.2. The molecule has 1 atom stereocenters. The number of aryl methyl sites for hydroxylation is 1. The van der Waals surface area contributed by atoms with Crippen molar-refractivity contribution in [1.82, 2.24) is 20.2 Å². The lowest BCUT2D eigenvalue weighted by Crippen LogP contribution is -2.35. The Balaban J connectivity index is 0.00000132. The maximum absolute atomic E-state index is 12.0. The lowest BCUT2D eigenvalue weighted by Gasteiger charge is -2.09. The number of rotatable bonds is 5. The van der Waals surface area contributed by atoms with Gasteiger partial charge in [-0.1, -0.05) is 11.8 Å². The van der Waals surface area contributed by atoms with Gasteiger partial charge < -0.3 is 19.6 Å². The molecule has 2 N–H and O–H groups in total. The Morgan fingerprint density at radius 3 is 3.00 bits per heavy atom. The van der Waals surface area contributed by atoms with Crippen molar-refractivity contribution in [3.05, 3.63) is 36.0 Å². The molecule has 3 heterocycles. The van der Waals surface area contributed by atoms with E-state index in [4.69, 9.17) is 4.42 Å². The minimum atomic E-state index is -0.142. The molecule has 0 aliphatic carbocycles. The van der Waals surface area contributed by atoms with Crippen molar-refractivity contribution in [1.29, 1.82) is 0 Å². The first-order chi connectivity index (χ1) is 10.2. The van der Waals surface area contributed by atoms with Crippen LogP contribution in [0.25, 0.3) is 0 Å². The normalized spacial score (nSPS) is 16.5. The zero-order valence-corrected chi connectivity index (χ0v) is 15.1. The molecule has 0 saturated carbocycles. The van der Waals surface area contributed by atoms with E-state index in [2.05, 4.69) is 15.6 Å². The standard InChI is InChI=1S/C14H18N4O2S.2ClH/c1-18-7-6-16-14(18)21-9-11-2-3-12(20-11)13(19)17-10-4-5-15-8-10;;/h2-3,6-7,10,15H,4-5,8-9H2,1H3,(H,17,19);2*1H. The fraction of sp³-hybridized carbons (Fsp3) is 0.429. The predicted octanol–water partition coefficient (Wildman–Crippen LogP) is 2.24. The highest BCUT2D eigenvalue weighted by Gasteiger charge is 2.19. The van der Waals surface area contributed by atoms with Gasteiger partial charge >= 0.3 is 0 Å². The summed E-state index contributed by atoms with van der Waals surface area (Å²) in [6.07, 6.45) is 4.63. The van der Waals surface area contributed by atoms with Gasteiger partial charge in [-0.2, -0.15) is 0 Å². The van der Waals surface area contributed by atoms with Crippen molar-refractivity contribution >= 4 is 42.5 Å². The second-order valence-electron chi connectivity index (χ2n) is 5.04. The molecule has 9 heteroatoms. The Hall–Kier alpha value is -1.15. The summed E-state index contributed by atoms with van der Waals surface area (Å²) in [4.78, 5) is 16.3. The molecule has 23 heavy (non-hydrogen) atoms. The number of carbonyl (C=O) groups excluding carboxylic acids is 1. The second-order valence-corrected chi connectivity index (χ2v) is 5.98. The molecule has 128 valence electrons. The SMILES string of the molecule is Cl.Cl.Cn1ccnc1SCc1ccc(C(=O)NC2CCNC2)o1. The number of aromatic nitrogens is 2. The van der Waals surface area contributed by atoms with Gasteiger partial charge in [-0.15, -0.1) is 24.8 Å². The number of halogens is 2. The number of furan rings is 1. The molecule has 0 aromatic carbocycles. The quantitative estimate of drug-likeness (QED) is 0.780. The van der Waals surface area contributed by atoms with Crippen LogP contribution in [0.15, 0.2) is 34.1 Å². The summed E-state index contributed by atoms with van der Waals surface area (Å²) in [5, 5.41) is 7.11. The van der Waals surface area contributed by atoms with Gasteiger partial charge in [0.2, 0.25) is 0 Å². The highest BCUT2D eigenvalue weighted by Crippen LogP contribution is 2.21. The maximum Gasteiger partial charge on any atom is 0.287 e. The molecule has 1 amide bonds. The van der Waals surface area contributed by atoms with Crippen molar-refractivity contribution in [3.63, 3.8) is 0 Å². The Labute approximate surface area is 151 Å². The van der Waals surface area contributed by atoms with Gasteiger partial charge in [-0.3, -0.25) is 4.79 Å². The van der Waals surface area contributed by atoms with E-state index in [-0.39, 0.29) is 36.8 Å². The molecule has 0 radical (unpaired) electrons. The van der Waals surface area contributed by atoms with Crippen LogP contribution in [-0.4, -0.2) is 34.6 Å². The molecule has 1 aliphatic heterocycles. The van der Waals surface area contributed by atoms with Crippen molar-refractivity contribution < 1.29 is 9.21 Å². The van der Waals surface area contributed by atoms with E-state index in [1.165, 1.54) is 0 Å². The summed E-state index contributed by atoms with van der Waals surface area (Å²) >= 11 is 1.58. The van der Waals surface area contributed by atoms with Gasteiger partial charge in [0, 0.05) is 32.0 Å². The largest absolute Gasteiger partial charge is 0.455 e. The van der Waals surface area contributed by atoms with Crippen molar-refractivity contribution in [2.75, 3.05) is 13.1 Å². The van der Waals surface area contributed by atoms with Crippen LogP contribution in [0.4, 0.5) is 0 Å². The van der Waals surface area contributed by atoms with Crippen LogP contribution in [0, 0.1) is 0 Å². The van der Waals surface area contributed by atoms with E-state index in [0.717, 1.165) is 30.4 Å². The molecule has 6 nitrogen and oxygen atoms in total. The minimum Gasteiger partial charge on any atom is -0.455 e. The summed E-state index contributed by atoms with van der Waals surface area (Å²) in [5.41, 5.74) is 0. The third-order valence-corrected chi connectivity index (χ3v) is 4.48. The van der Waals surface area contributed by atoms with Crippen LogP contribution in [0.2, 0.25) is 0 Å². The van der Waals surface area contributed by atoms with E-state index in [0.29, 0.717) is 11.5 Å². The molecular formula is C14H20Cl2N4O2S. The average molecular weight is 379 g/mol. The van der Waals surface area contributed by atoms with Gasteiger partial charge in [-0.05, 0) is 25.1 Å². The first-order valence-corrected chi connectivity index (χ1v) is 7.91. The lowest BCUT2D eigenvalue weighted by molar-refractivity contribution is 0.0910. The monoisotopic (exact) mass is 378 g/mol. The summed E-state index contributed by atoms with van der Waals surface area (Å²) in [6.45, 7) is 1.78. The molecule has 3 rings (SSSR count).